The first-order chi connectivity index (χ1) is 6.79. The first-order valence-electron chi connectivity index (χ1n) is 4.13. The Kier molecular flexibility index (Phi) is 3.00. The summed E-state index contributed by atoms with van der Waals surface area (Å²) in [6.07, 6.45) is 3.58. The highest BCUT2D eigenvalue weighted by molar-refractivity contribution is 9.10. The zero-order chi connectivity index (χ0) is 9.97. The fourth-order valence-corrected chi connectivity index (χ4v) is 2.69. The summed E-state index contributed by atoms with van der Waals surface area (Å²) >= 11 is 5.10. The Labute approximate surface area is 94.2 Å². The summed E-state index contributed by atoms with van der Waals surface area (Å²) in [5.74, 6) is 0.703. The van der Waals surface area contributed by atoms with Crippen molar-refractivity contribution in [2.75, 3.05) is 0 Å². The molecule has 0 atom stereocenters. The molecule has 0 aliphatic rings. The van der Waals surface area contributed by atoms with Crippen molar-refractivity contribution in [3.05, 3.63) is 39.0 Å². The summed E-state index contributed by atoms with van der Waals surface area (Å²) in [6, 6.07) is 2.08. The van der Waals surface area contributed by atoms with E-state index in [0.717, 1.165) is 11.0 Å². The van der Waals surface area contributed by atoms with E-state index < -0.39 is 0 Å². The van der Waals surface area contributed by atoms with Gasteiger partial charge in [0.15, 0.2) is 0 Å². The molecule has 0 aliphatic heterocycles. The normalized spacial score (nSPS) is 10.7. The molecular formula is C9H9BrN2OS. The molecule has 3 nitrogen and oxygen atoms in total. The number of nitrogens with zero attached hydrogens (tertiary/aromatic N) is 2. The van der Waals surface area contributed by atoms with E-state index in [0.29, 0.717) is 5.82 Å². The van der Waals surface area contributed by atoms with Gasteiger partial charge in [0.05, 0.1) is 6.54 Å². The number of imidazole rings is 1. The van der Waals surface area contributed by atoms with Crippen LogP contribution in [0.1, 0.15) is 10.7 Å². The van der Waals surface area contributed by atoms with Gasteiger partial charge < -0.3 is 9.67 Å². The van der Waals surface area contributed by atoms with E-state index in [-0.39, 0.29) is 6.61 Å². The van der Waals surface area contributed by atoms with Gasteiger partial charge in [-0.1, -0.05) is 0 Å². The van der Waals surface area contributed by atoms with Crippen molar-refractivity contribution in [3.8, 4) is 0 Å². The van der Waals surface area contributed by atoms with Crippen LogP contribution in [0.15, 0.2) is 28.3 Å². The van der Waals surface area contributed by atoms with E-state index in [1.807, 2.05) is 16.1 Å². The molecule has 5 heteroatoms. The SMILES string of the molecule is OCc1nccn1Cc1cc(Br)cs1. The van der Waals surface area contributed by atoms with Gasteiger partial charge >= 0.3 is 0 Å². The molecule has 0 radical (unpaired) electrons. The number of thiophene rings is 1. The van der Waals surface area contributed by atoms with Crippen molar-refractivity contribution in [2.24, 2.45) is 0 Å². The minimum Gasteiger partial charge on any atom is -0.388 e. The van der Waals surface area contributed by atoms with Crippen LogP contribution in [0.5, 0.6) is 0 Å². The van der Waals surface area contributed by atoms with Crippen LogP contribution < -0.4 is 0 Å². The van der Waals surface area contributed by atoms with E-state index in [4.69, 9.17) is 5.11 Å². The van der Waals surface area contributed by atoms with Gasteiger partial charge in [-0.05, 0) is 22.0 Å². The molecule has 0 unspecified atom stereocenters. The van der Waals surface area contributed by atoms with E-state index in [2.05, 4.69) is 27.0 Å². The number of aliphatic hydroxyl groups excluding tert-OH is 1. The Morgan fingerprint density at radius 2 is 2.43 bits per heavy atom. The fraction of sp³-hybridized carbons (Fsp3) is 0.222. The van der Waals surface area contributed by atoms with Crippen molar-refractivity contribution in [1.82, 2.24) is 9.55 Å². The predicted molar refractivity (Wildman–Crippen MR) is 59.3 cm³/mol. The highest BCUT2D eigenvalue weighted by Crippen LogP contribution is 2.20. The van der Waals surface area contributed by atoms with Crippen molar-refractivity contribution < 1.29 is 5.11 Å². The van der Waals surface area contributed by atoms with Crippen LogP contribution in [0.2, 0.25) is 0 Å². The lowest BCUT2D eigenvalue weighted by molar-refractivity contribution is 0.266. The number of hydrogen-bond donors (Lipinski definition) is 1. The van der Waals surface area contributed by atoms with Crippen LogP contribution in [-0.2, 0) is 13.2 Å². The average molecular weight is 273 g/mol. The number of hydrogen-bond acceptors (Lipinski definition) is 3. The highest BCUT2D eigenvalue weighted by Gasteiger charge is 2.03. The van der Waals surface area contributed by atoms with Gasteiger partial charge in [-0.25, -0.2) is 4.98 Å². The maximum absolute atomic E-state index is 9.00. The van der Waals surface area contributed by atoms with E-state index in [1.54, 1.807) is 17.5 Å². The summed E-state index contributed by atoms with van der Waals surface area (Å²) < 4.78 is 3.04. The molecule has 14 heavy (non-hydrogen) atoms. The van der Waals surface area contributed by atoms with Crippen molar-refractivity contribution in [3.63, 3.8) is 0 Å². The Hall–Kier alpha value is -0.650. The zero-order valence-corrected chi connectivity index (χ0v) is 9.75. The number of aromatic nitrogens is 2. The third kappa shape index (κ3) is 2.05. The lowest BCUT2D eigenvalue weighted by atomic mass is 10.4. The summed E-state index contributed by atoms with van der Waals surface area (Å²) in [4.78, 5) is 5.28. The monoisotopic (exact) mass is 272 g/mol. The molecule has 0 aromatic carbocycles. The summed E-state index contributed by atoms with van der Waals surface area (Å²) in [5, 5.41) is 11.0. The Balaban J connectivity index is 2.18. The molecule has 2 rings (SSSR count). The van der Waals surface area contributed by atoms with E-state index in [1.165, 1.54) is 4.88 Å². The molecule has 0 spiro atoms. The second-order valence-corrected chi connectivity index (χ2v) is 4.77. The van der Waals surface area contributed by atoms with Crippen molar-refractivity contribution >= 4 is 27.3 Å². The third-order valence-corrected chi connectivity index (χ3v) is 3.57. The topological polar surface area (TPSA) is 38.1 Å². The maximum Gasteiger partial charge on any atom is 0.134 e. The van der Waals surface area contributed by atoms with Crippen molar-refractivity contribution in [1.29, 1.82) is 0 Å². The van der Waals surface area contributed by atoms with Gasteiger partial charge in [0.1, 0.15) is 12.4 Å². The number of halogens is 1. The van der Waals surface area contributed by atoms with E-state index >= 15 is 0 Å². The van der Waals surface area contributed by atoms with Crippen LogP contribution >= 0.6 is 27.3 Å². The molecule has 1 N–H and O–H groups in total. The molecule has 74 valence electrons. The number of rotatable bonds is 3. The largest absolute Gasteiger partial charge is 0.388 e. The van der Waals surface area contributed by atoms with Gasteiger partial charge in [-0.2, -0.15) is 0 Å². The quantitative estimate of drug-likeness (QED) is 0.931. The lowest BCUT2D eigenvalue weighted by Gasteiger charge is -2.02. The Bertz CT molecular complexity index is 424. The molecule has 0 fully saturated rings. The summed E-state index contributed by atoms with van der Waals surface area (Å²) in [6.45, 7) is 0.756. The van der Waals surface area contributed by atoms with Crippen LogP contribution in [0.3, 0.4) is 0 Å². The van der Waals surface area contributed by atoms with Gasteiger partial charge in [-0.15, -0.1) is 11.3 Å². The maximum atomic E-state index is 9.00. The minimum atomic E-state index is -0.0143. The first kappa shape index (κ1) is 9.89. The molecule has 2 aromatic rings. The smallest absolute Gasteiger partial charge is 0.134 e. The third-order valence-electron chi connectivity index (χ3n) is 1.89. The standard InChI is InChI=1S/C9H9BrN2OS/c10-7-3-8(14-6-7)4-12-2-1-11-9(12)5-13/h1-3,6,13H,4-5H2. The van der Waals surface area contributed by atoms with Crippen LogP contribution in [0, 0.1) is 0 Å². The first-order valence-corrected chi connectivity index (χ1v) is 5.80. The summed E-state index contributed by atoms with van der Waals surface area (Å²) in [7, 11) is 0. The van der Waals surface area contributed by atoms with Crippen LogP contribution in [0.4, 0.5) is 0 Å². The molecule has 0 aliphatic carbocycles. The molecule has 0 saturated carbocycles. The highest BCUT2D eigenvalue weighted by atomic mass is 79.9. The van der Waals surface area contributed by atoms with Crippen LogP contribution in [-0.4, -0.2) is 14.7 Å². The van der Waals surface area contributed by atoms with Gasteiger partial charge in [0, 0.05) is 27.1 Å². The molecule has 0 saturated heterocycles. The Morgan fingerprint density at radius 1 is 1.57 bits per heavy atom. The van der Waals surface area contributed by atoms with Gasteiger partial charge in [-0.3, -0.25) is 0 Å². The zero-order valence-electron chi connectivity index (χ0n) is 7.35. The Morgan fingerprint density at radius 3 is 3.07 bits per heavy atom. The minimum absolute atomic E-state index is 0.0143. The number of aliphatic hydroxyl groups is 1. The second-order valence-electron chi connectivity index (χ2n) is 2.86. The molecular weight excluding hydrogens is 264 g/mol. The van der Waals surface area contributed by atoms with Gasteiger partial charge in [0.2, 0.25) is 0 Å². The molecule has 2 aromatic heterocycles. The molecule has 0 amide bonds. The fourth-order valence-electron chi connectivity index (χ4n) is 1.24. The lowest BCUT2D eigenvalue weighted by Crippen LogP contribution is -2.02. The van der Waals surface area contributed by atoms with Crippen molar-refractivity contribution in [2.45, 2.75) is 13.2 Å². The molecule has 2 heterocycles. The molecule has 0 bridgehead atoms. The predicted octanol–water partition coefficient (Wildman–Crippen LogP) is 2.25. The van der Waals surface area contributed by atoms with Gasteiger partial charge in [0.25, 0.3) is 0 Å². The average Bonchev–Trinajstić information content (AvgIpc) is 2.76. The van der Waals surface area contributed by atoms with E-state index in [9.17, 15) is 0 Å². The van der Waals surface area contributed by atoms with Crippen LogP contribution in [0.25, 0.3) is 0 Å². The second kappa shape index (κ2) is 4.25. The summed E-state index contributed by atoms with van der Waals surface area (Å²) in [5.41, 5.74) is 0.